The van der Waals surface area contributed by atoms with E-state index in [1.165, 1.54) is 18.7 Å². The van der Waals surface area contributed by atoms with Crippen molar-refractivity contribution in [2.24, 2.45) is 22.9 Å². The number of hydrogen-bond donors (Lipinski definition) is 8. The molecule has 8 amide bonds. The van der Waals surface area contributed by atoms with Gasteiger partial charge in [0.15, 0.2) is 6.10 Å². The van der Waals surface area contributed by atoms with E-state index in [9.17, 15) is 43.3 Å². The second-order valence-corrected chi connectivity index (χ2v) is 21.3. The molecule has 5 atom stereocenters. The standard InChI is InChI=1S/C52H69N11O10S3/c1-7-33(4)26-47(67)63(6)43(32(2)3)27-44(73-34(5)64)51-61-42(31-76-51)50(70)60-41(30-75-39-12-9-8-10-13-39)49(69)58-38-21-19-36(20-22-38)56-45(65)23-25-74-29-35-15-17-37(18-16-35)57-48(68)40(14-11-24-54-52(53)71)59-46(66)28-55-62-72/h8-10,12-13,15-22,31-33,40-41,43-44H,7,11,14,23-30H2,1-6H3,(H,55,72)(H,56,65)(H,57,68)(H,58,69)(H,59,66)(H,60,70)(H3,53,54,71)/t33-,40-,41-,43+,44+/m0/s1. The normalized spacial score (nSPS) is 12.9. The molecule has 0 saturated carbocycles. The number of thiazole rings is 1. The van der Waals surface area contributed by atoms with Gasteiger partial charge in [-0.25, -0.2) is 9.78 Å². The highest BCUT2D eigenvalue weighted by Crippen LogP contribution is 2.31. The molecule has 76 heavy (non-hydrogen) atoms. The minimum atomic E-state index is -1.01. The Morgan fingerprint density at radius 2 is 1.46 bits per heavy atom. The van der Waals surface area contributed by atoms with Crippen LogP contribution in [0, 0.1) is 16.7 Å². The summed E-state index contributed by atoms with van der Waals surface area (Å²) in [6, 6.07) is 20.2. The maximum atomic E-state index is 13.9. The number of amides is 8. The number of ether oxygens (including phenoxy) is 1. The molecule has 24 heteroatoms. The highest BCUT2D eigenvalue weighted by molar-refractivity contribution is 7.99. The first-order chi connectivity index (χ1) is 36.3. The molecule has 4 rings (SSSR count). The van der Waals surface area contributed by atoms with Crippen LogP contribution in [-0.2, 0) is 39.3 Å². The Morgan fingerprint density at radius 1 is 0.829 bits per heavy atom. The van der Waals surface area contributed by atoms with Gasteiger partial charge in [-0.2, -0.15) is 11.8 Å². The third kappa shape index (κ3) is 22.0. The van der Waals surface area contributed by atoms with E-state index in [1.807, 2.05) is 75.6 Å². The van der Waals surface area contributed by atoms with Crippen LogP contribution < -0.4 is 43.1 Å². The number of rotatable bonds is 32. The molecule has 9 N–H and O–H groups in total. The number of anilines is 3. The molecule has 0 aliphatic heterocycles. The van der Waals surface area contributed by atoms with E-state index in [1.54, 1.807) is 65.5 Å². The van der Waals surface area contributed by atoms with Crippen molar-refractivity contribution in [3.05, 3.63) is 105 Å². The van der Waals surface area contributed by atoms with Crippen LogP contribution in [0.15, 0.2) is 94.4 Å². The third-order valence-corrected chi connectivity index (χ3v) is 14.9. The molecule has 0 bridgehead atoms. The van der Waals surface area contributed by atoms with Gasteiger partial charge in [0.05, 0.1) is 5.29 Å². The largest absolute Gasteiger partial charge is 0.455 e. The van der Waals surface area contributed by atoms with Crippen molar-refractivity contribution in [2.75, 3.05) is 47.6 Å². The first-order valence-electron chi connectivity index (χ1n) is 24.8. The number of esters is 1. The molecule has 0 aliphatic carbocycles. The average molecular weight is 1100 g/mol. The van der Waals surface area contributed by atoms with E-state index in [0.717, 1.165) is 28.2 Å². The number of thioether (sulfide) groups is 2. The van der Waals surface area contributed by atoms with Crippen molar-refractivity contribution in [2.45, 2.75) is 108 Å². The quantitative estimate of drug-likeness (QED) is 0.00804. The number of carbonyl (C=O) groups excluding carboxylic acids is 8. The highest BCUT2D eigenvalue weighted by atomic mass is 32.2. The van der Waals surface area contributed by atoms with Crippen molar-refractivity contribution in [1.29, 1.82) is 0 Å². The number of nitrogens with zero attached hydrogens (tertiary/aromatic N) is 3. The predicted octanol–water partition coefficient (Wildman–Crippen LogP) is 6.99. The van der Waals surface area contributed by atoms with Gasteiger partial charge in [-0.05, 0) is 78.8 Å². The molecule has 0 aliphatic rings. The van der Waals surface area contributed by atoms with E-state index in [-0.39, 0.29) is 66.9 Å². The molecule has 3 aromatic carbocycles. The van der Waals surface area contributed by atoms with Crippen LogP contribution in [0.2, 0.25) is 0 Å². The number of benzene rings is 3. The maximum Gasteiger partial charge on any atom is 0.312 e. The van der Waals surface area contributed by atoms with Crippen molar-refractivity contribution < 1.29 is 43.1 Å². The van der Waals surface area contributed by atoms with Crippen molar-refractivity contribution in [3.63, 3.8) is 0 Å². The lowest BCUT2D eigenvalue weighted by molar-refractivity contribution is -0.148. The number of carbonyl (C=O) groups is 8. The van der Waals surface area contributed by atoms with Gasteiger partial charge in [0, 0.05) is 90.4 Å². The van der Waals surface area contributed by atoms with Gasteiger partial charge in [-0.1, -0.05) is 64.4 Å². The van der Waals surface area contributed by atoms with E-state index in [4.69, 9.17) is 10.5 Å². The SMILES string of the molecule is CC[C@H](C)CC(=O)N(C)[C@H](C[C@@H](OC(C)=O)c1nc(C(=O)N[C@@H](CSc2ccccc2)C(=O)Nc2ccc(NC(=O)CCSCc3ccc(NC(=O)[C@H](CCCNC(N)=O)NC(=O)CNN=O)cc3)cc2)cs1)C(C)C. The Bertz CT molecular complexity index is 2550. The molecule has 0 fully saturated rings. The summed E-state index contributed by atoms with van der Waals surface area (Å²) in [4.78, 5) is 120. The number of urea groups is 1. The van der Waals surface area contributed by atoms with Gasteiger partial charge in [0.25, 0.3) is 5.91 Å². The van der Waals surface area contributed by atoms with Crippen LogP contribution in [-0.4, -0.2) is 107 Å². The summed E-state index contributed by atoms with van der Waals surface area (Å²) in [5.74, 6) is -1.40. The molecule has 1 aromatic heterocycles. The summed E-state index contributed by atoms with van der Waals surface area (Å²) in [6.45, 7) is 9.15. The average Bonchev–Trinajstić information content (AvgIpc) is 3.89. The zero-order chi connectivity index (χ0) is 55.6. The first-order valence-corrected chi connectivity index (χ1v) is 27.8. The molecule has 21 nitrogen and oxygen atoms in total. The predicted molar refractivity (Wildman–Crippen MR) is 297 cm³/mol. The summed E-state index contributed by atoms with van der Waals surface area (Å²) in [6.07, 6.45) is 1.47. The molecular formula is C52H69N11O10S3. The number of primary amides is 1. The van der Waals surface area contributed by atoms with Crippen molar-refractivity contribution in [1.82, 2.24) is 31.3 Å². The zero-order valence-electron chi connectivity index (χ0n) is 43.6. The number of nitrogens with two attached hydrogens (primary N) is 1. The summed E-state index contributed by atoms with van der Waals surface area (Å²) in [7, 11) is 1.76. The summed E-state index contributed by atoms with van der Waals surface area (Å²) in [5, 5.41) is 20.7. The van der Waals surface area contributed by atoms with Crippen molar-refractivity contribution in [3.8, 4) is 0 Å². The van der Waals surface area contributed by atoms with Crippen molar-refractivity contribution >= 4 is 99.4 Å². The van der Waals surface area contributed by atoms with Gasteiger partial charge < -0.3 is 47.3 Å². The Balaban J connectivity index is 1.31. The van der Waals surface area contributed by atoms with E-state index < -0.39 is 60.4 Å². The fraction of sp³-hybridized carbons (Fsp3) is 0.442. The minimum Gasteiger partial charge on any atom is -0.455 e. The Hall–Kier alpha value is -7.05. The van der Waals surface area contributed by atoms with Crippen LogP contribution >= 0.6 is 34.9 Å². The second kappa shape index (κ2) is 32.4. The lowest BCUT2D eigenvalue weighted by Gasteiger charge is -2.34. The number of aromatic nitrogens is 1. The number of nitrogens with one attached hydrogen (secondary N) is 7. The Kier molecular flexibility index (Phi) is 26.2. The Morgan fingerprint density at radius 3 is 2.07 bits per heavy atom. The van der Waals surface area contributed by atoms with Crippen LogP contribution in [0.4, 0.5) is 21.9 Å². The molecule has 0 spiro atoms. The topological polar surface area (TPSA) is 302 Å². The summed E-state index contributed by atoms with van der Waals surface area (Å²) >= 11 is 4.09. The molecule has 0 unspecified atom stereocenters. The third-order valence-electron chi connectivity index (χ3n) is 11.8. The molecule has 0 saturated heterocycles. The van der Waals surface area contributed by atoms with Crippen LogP contribution in [0.1, 0.15) is 100 Å². The van der Waals surface area contributed by atoms with Gasteiger partial charge in [0.1, 0.15) is 29.3 Å². The van der Waals surface area contributed by atoms with Crippen LogP contribution in [0.5, 0.6) is 0 Å². The smallest absolute Gasteiger partial charge is 0.312 e. The molecular weight excluding hydrogens is 1030 g/mol. The highest BCUT2D eigenvalue weighted by Gasteiger charge is 2.32. The van der Waals surface area contributed by atoms with E-state index in [2.05, 4.69) is 42.2 Å². The number of hydrogen-bond acceptors (Lipinski definition) is 15. The maximum absolute atomic E-state index is 13.9. The number of nitroso groups, excluding NO2 is 1. The summed E-state index contributed by atoms with van der Waals surface area (Å²) in [5.41, 5.74) is 9.52. The first kappa shape index (κ1) is 61.5. The van der Waals surface area contributed by atoms with Gasteiger partial charge in [-0.15, -0.1) is 28.0 Å². The Labute approximate surface area is 455 Å². The minimum absolute atomic E-state index is 0.00143. The van der Waals surface area contributed by atoms with Crippen LogP contribution in [0.3, 0.4) is 0 Å². The monoisotopic (exact) mass is 1100 g/mol. The lowest BCUT2D eigenvalue weighted by atomic mass is 9.95. The fourth-order valence-electron chi connectivity index (χ4n) is 7.41. The fourth-order valence-corrected chi connectivity index (χ4v) is 10.1. The molecule has 410 valence electrons. The molecule has 4 aromatic rings. The van der Waals surface area contributed by atoms with Gasteiger partial charge in [0.2, 0.25) is 29.5 Å². The van der Waals surface area contributed by atoms with E-state index in [0.29, 0.717) is 46.4 Å². The van der Waals surface area contributed by atoms with Gasteiger partial charge in [-0.3, -0.25) is 39.0 Å². The summed E-state index contributed by atoms with van der Waals surface area (Å²) < 4.78 is 5.74. The molecule has 0 radical (unpaired) electrons. The second-order valence-electron chi connectivity index (χ2n) is 18.2. The van der Waals surface area contributed by atoms with E-state index >= 15 is 0 Å². The molecule has 1 heterocycles. The zero-order valence-corrected chi connectivity index (χ0v) is 46.0. The van der Waals surface area contributed by atoms with Gasteiger partial charge >= 0.3 is 12.0 Å². The van der Waals surface area contributed by atoms with Crippen LogP contribution in [0.25, 0.3) is 0 Å². The lowest BCUT2D eigenvalue weighted by Crippen LogP contribution is -2.46.